The highest BCUT2D eigenvalue weighted by Crippen LogP contribution is 2.32. The summed E-state index contributed by atoms with van der Waals surface area (Å²) >= 11 is 6.48. The van der Waals surface area contributed by atoms with Gasteiger partial charge in [0.25, 0.3) is 5.91 Å². The molecule has 0 spiro atoms. The summed E-state index contributed by atoms with van der Waals surface area (Å²) in [6.45, 7) is 0.721. The molecule has 2 amide bonds. The van der Waals surface area contributed by atoms with E-state index in [9.17, 15) is 14.4 Å². The molecule has 0 bridgehead atoms. The van der Waals surface area contributed by atoms with E-state index >= 15 is 4.39 Å². The van der Waals surface area contributed by atoms with Crippen molar-refractivity contribution in [2.75, 3.05) is 32.8 Å². The van der Waals surface area contributed by atoms with Gasteiger partial charge >= 0.3 is 5.97 Å². The largest absolute Gasteiger partial charge is 0.469 e. The summed E-state index contributed by atoms with van der Waals surface area (Å²) in [6.07, 6.45) is 4.24. The zero-order chi connectivity index (χ0) is 31.4. The number of ether oxygens (including phenoxy) is 3. The molecule has 2 fully saturated rings. The van der Waals surface area contributed by atoms with Gasteiger partial charge in [-0.05, 0) is 62.3 Å². The molecule has 1 aliphatic heterocycles. The number of halogens is 2. The molecule has 1 saturated carbocycles. The van der Waals surface area contributed by atoms with E-state index in [1.165, 1.54) is 13.2 Å². The first-order valence-corrected chi connectivity index (χ1v) is 15.3. The lowest BCUT2D eigenvalue weighted by Gasteiger charge is -2.33. The number of amides is 2. The first-order chi connectivity index (χ1) is 21.2. The minimum absolute atomic E-state index is 0.0115. The van der Waals surface area contributed by atoms with Crippen molar-refractivity contribution in [3.8, 4) is 0 Å². The number of nitrogens with one attached hydrogen (secondary N) is 1. The number of para-hydroxylation sites is 1. The second-order valence-corrected chi connectivity index (χ2v) is 11.9. The Morgan fingerprint density at radius 1 is 1.02 bits per heavy atom. The maximum atomic E-state index is 15.4. The number of hydrogen-bond donors (Lipinski definition) is 1. The van der Waals surface area contributed by atoms with E-state index in [0.29, 0.717) is 31.4 Å². The number of aromatic nitrogens is 2. The summed E-state index contributed by atoms with van der Waals surface area (Å²) in [4.78, 5) is 40.3. The molecular weight excluding hydrogens is 591 g/mol. The Kier molecular flexibility index (Phi) is 10.2. The van der Waals surface area contributed by atoms with Gasteiger partial charge in [-0.3, -0.25) is 19.1 Å². The van der Waals surface area contributed by atoms with Crippen molar-refractivity contribution in [1.82, 2.24) is 14.7 Å². The number of carbonyl (C=O) groups excluding carboxylic acids is 3. The lowest BCUT2D eigenvalue weighted by atomic mass is 9.87. The zero-order valence-electron chi connectivity index (χ0n) is 25.2. The third kappa shape index (κ3) is 6.90. The van der Waals surface area contributed by atoms with E-state index < -0.39 is 11.7 Å². The predicted octanol–water partition coefficient (Wildman–Crippen LogP) is 4.92. The second-order valence-electron chi connectivity index (χ2n) is 11.5. The molecule has 2 aliphatic rings. The molecule has 0 radical (unpaired) electrons. The number of rotatable bonds is 10. The van der Waals surface area contributed by atoms with Gasteiger partial charge in [-0.15, -0.1) is 0 Å². The fourth-order valence-corrected chi connectivity index (χ4v) is 6.64. The van der Waals surface area contributed by atoms with Crippen LogP contribution in [0.25, 0.3) is 10.9 Å². The SMILES string of the molecule is COC[C@@H]1CC[C@@H](COC2CCC(C(=O)OC)CC2)N1C(=O)Cc1cc(Cl)c(NC(=O)c2nn(C)c3ccccc23)cc1F. The van der Waals surface area contributed by atoms with Crippen LogP contribution in [0.3, 0.4) is 0 Å². The van der Waals surface area contributed by atoms with Crippen LogP contribution in [0.1, 0.15) is 54.6 Å². The molecule has 2 heterocycles. The van der Waals surface area contributed by atoms with Crippen LogP contribution in [0.15, 0.2) is 36.4 Å². The van der Waals surface area contributed by atoms with Gasteiger partial charge in [-0.1, -0.05) is 29.8 Å². The molecule has 0 unspecified atom stereocenters. The fraction of sp³-hybridized carbons (Fsp3) is 0.500. The van der Waals surface area contributed by atoms with Gasteiger partial charge < -0.3 is 24.4 Å². The van der Waals surface area contributed by atoms with Crippen LogP contribution in [-0.4, -0.2) is 78.1 Å². The molecule has 5 rings (SSSR count). The van der Waals surface area contributed by atoms with E-state index in [0.717, 1.165) is 37.3 Å². The Morgan fingerprint density at radius 3 is 2.43 bits per heavy atom. The highest BCUT2D eigenvalue weighted by atomic mass is 35.5. The smallest absolute Gasteiger partial charge is 0.308 e. The van der Waals surface area contributed by atoms with Gasteiger partial charge in [0.2, 0.25) is 5.91 Å². The van der Waals surface area contributed by atoms with Crippen LogP contribution in [0, 0.1) is 11.7 Å². The van der Waals surface area contributed by atoms with Crippen LogP contribution in [0.2, 0.25) is 5.02 Å². The Hall–Kier alpha value is -3.54. The van der Waals surface area contributed by atoms with Crippen LogP contribution in [0.4, 0.5) is 10.1 Å². The van der Waals surface area contributed by atoms with Crippen molar-refractivity contribution in [3.05, 3.63) is 58.5 Å². The molecule has 44 heavy (non-hydrogen) atoms. The van der Waals surface area contributed by atoms with Gasteiger partial charge in [-0.25, -0.2) is 4.39 Å². The molecule has 12 heteroatoms. The van der Waals surface area contributed by atoms with Crippen molar-refractivity contribution >= 4 is 46.0 Å². The van der Waals surface area contributed by atoms with E-state index in [1.54, 1.807) is 29.8 Å². The molecule has 1 saturated heterocycles. The summed E-state index contributed by atoms with van der Waals surface area (Å²) in [5.74, 6) is -1.69. The number of carbonyl (C=O) groups is 3. The summed E-state index contributed by atoms with van der Waals surface area (Å²) in [6, 6.07) is 9.49. The summed E-state index contributed by atoms with van der Waals surface area (Å²) in [5, 5.41) is 7.74. The monoisotopic (exact) mass is 628 g/mol. The molecule has 2 aromatic carbocycles. The first-order valence-electron chi connectivity index (χ1n) is 14.9. The van der Waals surface area contributed by atoms with E-state index in [1.807, 2.05) is 18.2 Å². The first kappa shape index (κ1) is 31.9. The van der Waals surface area contributed by atoms with Gasteiger partial charge in [0, 0.05) is 19.5 Å². The number of benzene rings is 2. The lowest BCUT2D eigenvalue weighted by molar-refractivity contribution is -0.148. The molecular formula is C32H38ClFN4O6. The van der Waals surface area contributed by atoms with Gasteiger partial charge in [0.05, 0.1) is 67.1 Å². The average Bonchev–Trinajstić information content (AvgIpc) is 3.59. The Bertz CT molecular complexity index is 1520. The fourth-order valence-electron chi connectivity index (χ4n) is 6.40. The Labute approximate surface area is 260 Å². The number of methoxy groups -OCH3 is 2. The number of likely N-dealkylation sites (tertiary alicyclic amines) is 1. The zero-order valence-corrected chi connectivity index (χ0v) is 25.9. The van der Waals surface area contributed by atoms with E-state index in [2.05, 4.69) is 10.4 Å². The van der Waals surface area contributed by atoms with Crippen molar-refractivity contribution in [2.24, 2.45) is 13.0 Å². The van der Waals surface area contributed by atoms with Crippen molar-refractivity contribution in [1.29, 1.82) is 0 Å². The average molecular weight is 629 g/mol. The second kappa shape index (κ2) is 14.0. The number of fused-ring (bicyclic) bond motifs is 1. The minimum Gasteiger partial charge on any atom is -0.469 e. The van der Waals surface area contributed by atoms with Crippen LogP contribution >= 0.6 is 11.6 Å². The number of hydrogen-bond acceptors (Lipinski definition) is 7. The van der Waals surface area contributed by atoms with Gasteiger partial charge in [0.1, 0.15) is 5.82 Å². The molecule has 2 atom stereocenters. The van der Waals surface area contributed by atoms with E-state index in [-0.39, 0.29) is 64.4 Å². The van der Waals surface area contributed by atoms with Crippen molar-refractivity contribution < 1.29 is 33.0 Å². The molecule has 3 aromatic rings. The summed E-state index contributed by atoms with van der Waals surface area (Å²) < 4.78 is 33.4. The summed E-state index contributed by atoms with van der Waals surface area (Å²) in [7, 11) is 4.74. The van der Waals surface area contributed by atoms with Crippen molar-refractivity contribution in [2.45, 2.75) is 63.1 Å². The van der Waals surface area contributed by atoms with Crippen LogP contribution < -0.4 is 5.32 Å². The summed E-state index contributed by atoms with van der Waals surface area (Å²) in [5.41, 5.74) is 1.20. The lowest BCUT2D eigenvalue weighted by Crippen LogP contribution is -2.46. The minimum atomic E-state index is -0.651. The quantitative estimate of drug-likeness (QED) is 0.317. The van der Waals surface area contributed by atoms with Crippen molar-refractivity contribution in [3.63, 3.8) is 0 Å². The number of aryl methyl sites for hydroxylation is 1. The maximum Gasteiger partial charge on any atom is 0.308 e. The third-order valence-corrected chi connectivity index (χ3v) is 9.01. The molecule has 1 aliphatic carbocycles. The van der Waals surface area contributed by atoms with Crippen LogP contribution in [-0.2, 0) is 37.3 Å². The predicted molar refractivity (Wildman–Crippen MR) is 163 cm³/mol. The topological polar surface area (TPSA) is 112 Å². The maximum absolute atomic E-state index is 15.4. The number of esters is 1. The standard InChI is InChI=1S/C32H38ClFN4O6/c1-37-28-7-5-4-6-24(28)30(36-37)31(40)35-27-16-26(34)20(14-25(27)33)15-29(39)38-21(17-42-2)10-11-22(38)18-44-23-12-8-19(9-13-23)32(41)43-3/h4-7,14,16,19,21-23H,8-13,15,17-18H2,1-3H3,(H,35,40)/t19?,21-,22-,23?/m0/s1. The van der Waals surface area contributed by atoms with Crippen LogP contribution in [0.5, 0.6) is 0 Å². The highest BCUT2D eigenvalue weighted by molar-refractivity contribution is 6.34. The van der Waals surface area contributed by atoms with Gasteiger partial charge in [0.15, 0.2) is 5.69 Å². The van der Waals surface area contributed by atoms with E-state index in [4.69, 9.17) is 25.8 Å². The number of anilines is 1. The van der Waals surface area contributed by atoms with Gasteiger partial charge in [-0.2, -0.15) is 5.10 Å². The molecule has 1 N–H and O–H groups in total. The Balaban J connectivity index is 1.24. The third-order valence-electron chi connectivity index (χ3n) is 8.70. The molecule has 1 aromatic heterocycles. The number of nitrogens with zero attached hydrogens (tertiary/aromatic N) is 3. The Morgan fingerprint density at radius 2 is 1.73 bits per heavy atom. The molecule has 10 nitrogen and oxygen atoms in total. The highest BCUT2D eigenvalue weighted by Gasteiger charge is 2.38. The normalized spacial score (nSPS) is 21.9. The molecule has 236 valence electrons.